The highest BCUT2D eigenvalue weighted by Crippen LogP contribution is 2.21. The zero-order valence-corrected chi connectivity index (χ0v) is 11.9. The fourth-order valence-corrected chi connectivity index (χ4v) is 2.39. The molecule has 1 fully saturated rings. The molecule has 6 heteroatoms. The number of carbonyl (C=O) groups is 2. The van der Waals surface area contributed by atoms with Gasteiger partial charge in [-0.2, -0.15) is 0 Å². The first-order valence-corrected chi connectivity index (χ1v) is 6.70. The molecule has 0 saturated carbocycles. The molecule has 0 radical (unpaired) electrons. The maximum absolute atomic E-state index is 13.5. The Labute approximate surface area is 121 Å². The molecule has 0 aromatic heterocycles. The highest BCUT2D eigenvalue weighted by atomic mass is 32.1. The van der Waals surface area contributed by atoms with Gasteiger partial charge in [-0.15, -0.1) is 0 Å². The summed E-state index contributed by atoms with van der Waals surface area (Å²) in [5, 5.41) is 0. The third kappa shape index (κ3) is 3.19. The summed E-state index contributed by atoms with van der Waals surface area (Å²) in [6, 6.07) is 4.11. The SMILES string of the molecule is CC1CC(=O)N(Cc2cc(F)cc(C(N)=S)c2)C(=O)C1. The number of thiocarbonyl (C=S) groups is 1. The van der Waals surface area contributed by atoms with E-state index in [0.29, 0.717) is 24.0 Å². The van der Waals surface area contributed by atoms with Crippen LogP contribution in [0.4, 0.5) is 4.39 Å². The Balaban J connectivity index is 2.23. The predicted octanol–water partition coefficient (Wildman–Crippen LogP) is 1.75. The summed E-state index contributed by atoms with van der Waals surface area (Å²) in [6.07, 6.45) is 0.673. The van der Waals surface area contributed by atoms with Crippen molar-refractivity contribution in [2.24, 2.45) is 11.7 Å². The number of piperidine rings is 1. The van der Waals surface area contributed by atoms with Crippen LogP contribution >= 0.6 is 12.2 Å². The number of imide groups is 1. The van der Waals surface area contributed by atoms with Crippen molar-refractivity contribution in [1.82, 2.24) is 4.90 Å². The summed E-state index contributed by atoms with van der Waals surface area (Å²) in [4.78, 5) is 25.0. The minimum atomic E-state index is -0.490. The molecule has 0 atom stereocenters. The average molecular weight is 294 g/mol. The van der Waals surface area contributed by atoms with Crippen LogP contribution in [0, 0.1) is 11.7 Å². The van der Waals surface area contributed by atoms with E-state index in [4.69, 9.17) is 18.0 Å². The van der Waals surface area contributed by atoms with Crippen LogP contribution < -0.4 is 5.73 Å². The van der Waals surface area contributed by atoms with Crippen molar-refractivity contribution in [2.75, 3.05) is 0 Å². The van der Waals surface area contributed by atoms with Crippen molar-refractivity contribution in [1.29, 1.82) is 0 Å². The van der Waals surface area contributed by atoms with Crippen molar-refractivity contribution in [3.63, 3.8) is 0 Å². The largest absolute Gasteiger partial charge is 0.389 e. The normalized spacial score (nSPS) is 16.6. The molecule has 1 aromatic rings. The Hall–Kier alpha value is -1.82. The van der Waals surface area contributed by atoms with E-state index in [1.807, 2.05) is 6.92 Å². The molecule has 1 aliphatic rings. The summed E-state index contributed by atoms with van der Waals surface area (Å²) < 4.78 is 13.5. The third-order valence-corrected chi connectivity index (χ3v) is 3.47. The van der Waals surface area contributed by atoms with Crippen LogP contribution in [0.1, 0.15) is 30.9 Å². The summed E-state index contributed by atoms with van der Waals surface area (Å²) in [6.45, 7) is 1.91. The Bertz CT molecular complexity index is 571. The Morgan fingerprint density at radius 3 is 2.50 bits per heavy atom. The van der Waals surface area contributed by atoms with Gasteiger partial charge in [0.2, 0.25) is 11.8 Å². The smallest absolute Gasteiger partial charge is 0.229 e. The Morgan fingerprint density at radius 1 is 1.35 bits per heavy atom. The number of amides is 2. The number of benzene rings is 1. The van der Waals surface area contributed by atoms with Gasteiger partial charge in [-0.05, 0) is 29.7 Å². The maximum Gasteiger partial charge on any atom is 0.229 e. The standard InChI is InChI=1S/C14H15FN2O2S/c1-8-2-12(18)17(13(19)3-8)7-9-4-10(14(16)20)6-11(15)5-9/h4-6,8H,2-3,7H2,1H3,(H2,16,20). The van der Waals surface area contributed by atoms with Gasteiger partial charge in [-0.25, -0.2) is 4.39 Å². The number of hydrogen-bond donors (Lipinski definition) is 1. The molecular formula is C14H15FN2O2S. The van der Waals surface area contributed by atoms with Gasteiger partial charge < -0.3 is 5.73 Å². The first-order valence-electron chi connectivity index (χ1n) is 6.29. The molecule has 2 amide bonds. The van der Waals surface area contributed by atoms with E-state index in [-0.39, 0.29) is 29.3 Å². The van der Waals surface area contributed by atoms with Crippen LogP contribution in [-0.2, 0) is 16.1 Å². The van der Waals surface area contributed by atoms with E-state index >= 15 is 0 Å². The third-order valence-electron chi connectivity index (χ3n) is 3.23. The van der Waals surface area contributed by atoms with Crippen molar-refractivity contribution < 1.29 is 14.0 Å². The van der Waals surface area contributed by atoms with Crippen LogP contribution in [0.3, 0.4) is 0 Å². The number of likely N-dealkylation sites (tertiary alicyclic amines) is 1. The number of halogens is 1. The van der Waals surface area contributed by atoms with E-state index in [1.165, 1.54) is 12.1 Å². The number of nitrogens with zero attached hydrogens (tertiary/aromatic N) is 1. The van der Waals surface area contributed by atoms with Gasteiger partial charge in [0.25, 0.3) is 0 Å². The fourth-order valence-electron chi connectivity index (χ4n) is 2.27. The van der Waals surface area contributed by atoms with Gasteiger partial charge in [-0.3, -0.25) is 14.5 Å². The van der Waals surface area contributed by atoms with Gasteiger partial charge >= 0.3 is 0 Å². The second kappa shape index (κ2) is 5.66. The number of rotatable bonds is 3. The lowest BCUT2D eigenvalue weighted by Crippen LogP contribution is -2.42. The van der Waals surface area contributed by atoms with Gasteiger partial charge in [0, 0.05) is 18.4 Å². The molecule has 0 unspecified atom stereocenters. The number of nitrogens with two attached hydrogens (primary N) is 1. The minimum Gasteiger partial charge on any atom is -0.389 e. The van der Waals surface area contributed by atoms with Gasteiger partial charge in [0.15, 0.2) is 0 Å². The molecule has 1 aromatic carbocycles. The molecule has 0 aliphatic carbocycles. The van der Waals surface area contributed by atoms with E-state index in [1.54, 1.807) is 6.07 Å². The van der Waals surface area contributed by atoms with Crippen molar-refractivity contribution in [3.8, 4) is 0 Å². The zero-order chi connectivity index (χ0) is 14.9. The lowest BCUT2D eigenvalue weighted by molar-refractivity contribution is -0.150. The van der Waals surface area contributed by atoms with E-state index in [0.717, 1.165) is 4.90 Å². The predicted molar refractivity (Wildman–Crippen MR) is 76.2 cm³/mol. The van der Waals surface area contributed by atoms with Gasteiger partial charge in [-0.1, -0.05) is 19.1 Å². The first-order chi connectivity index (χ1) is 9.36. The number of hydrogen-bond acceptors (Lipinski definition) is 3. The monoisotopic (exact) mass is 294 g/mol. The highest BCUT2D eigenvalue weighted by molar-refractivity contribution is 7.80. The van der Waals surface area contributed by atoms with Crippen molar-refractivity contribution in [2.45, 2.75) is 26.3 Å². The first kappa shape index (κ1) is 14.6. The molecular weight excluding hydrogens is 279 g/mol. The lowest BCUT2D eigenvalue weighted by Gasteiger charge is -2.28. The lowest BCUT2D eigenvalue weighted by atomic mass is 9.97. The molecule has 106 valence electrons. The quantitative estimate of drug-likeness (QED) is 0.681. The molecule has 1 heterocycles. The molecule has 0 bridgehead atoms. The second-order valence-corrected chi connectivity index (χ2v) is 5.54. The second-order valence-electron chi connectivity index (χ2n) is 5.10. The van der Waals surface area contributed by atoms with Crippen molar-refractivity contribution >= 4 is 29.0 Å². The maximum atomic E-state index is 13.5. The summed E-state index contributed by atoms with van der Waals surface area (Å²) >= 11 is 4.81. The van der Waals surface area contributed by atoms with Crippen LogP contribution in [0.15, 0.2) is 18.2 Å². The van der Waals surface area contributed by atoms with Crippen LogP contribution in [0.25, 0.3) is 0 Å². The summed E-state index contributed by atoms with van der Waals surface area (Å²) in [5.41, 5.74) is 6.37. The minimum absolute atomic E-state index is 0.0533. The zero-order valence-electron chi connectivity index (χ0n) is 11.1. The fraction of sp³-hybridized carbons (Fsp3) is 0.357. The summed E-state index contributed by atoms with van der Waals surface area (Å²) in [7, 11) is 0. The van der Waals surface area contributed by atoms with Crippen LogP contribution in [0.5, 0.6) is 0 Å². The Kier molecular flexibility index (Phi) is 4.13. The molecule has 4 nitrogen and oxygen atoms in total. The molecule has 1 aliphatic heterocycles. The Morgan fingerprint density at radius 2 is 1.95 bits per heavy atom. The van der Waals surface area contributed by atoms with Gasteiger partial charge in [0.1, 0.15) is 10.8 Å². The number of carbonyl (C=O) groups excluding carboxylic acids is 2. The van der Waals surface area contributed by atoms with E-state index in [9.17, 15) is 14.0 Å². The molecule has 0 spiro atoms. The highest BCUT2D eigenvalue weighted by Gasteiger charge is 2.30. The summed E-state index contributed by atoms with van der Waals surface area (Å²) in [5.74, 6) is -0.883. The van der Waals surface area contributed by atoms with E-state index in [2.05, 4.69) is 0 Å². The van der Waals surface area contributed by atoms with Crippen molar-refractivity contribution in [3.05, 3.63) is 35.1 Å². The van der Waals surface area contributed by atoms with Crippen LogP contribution in [-0.4, -0.2) is 21.7 Å². The topological polar surface area (TPSA) is 63.4 Å². The molecule has 1 saturated heterocycles. The van der Waals surface area contributed by atoms with Gasteiger partial charge in [0.05, 0.1) is 6.54 Å². The average Bonchev–Trinajstić information content (AvgIpc) is 2.33. The molecule has 20 heavy (non-hydrogen) atoms. The molecule has 2 rings (SSSR count). The van der Waals surface area contributed by atoms with Crippen LogP contribution in [0.2, 0.25) is 0 Å². The molecule has 2 N–H and O–H groups in total. The van der Waals surface area contributed by atoms with E-state index < -0.39 is 5.82 Å².